The fraction of sp³-hybridized carbons (Fsp3) is 0.615. The molecule has 0 radical (unpaired) electrons. The van der Waals surface area contributed by atoms with Crippen molar-refractivity contribution in [2.75, 3.05) is 5.32 Å². The molecule has 0 spiro atoms. The predicted molar refractivity (Wildman–Crippen MR) is 67.8 cm³/mol. The third-order valence-electron chi connectivity index (χ3n) is 3.83. The van der Waals surface area contributed by atoms with E-state index in [0.717, 1.165) is 18.7 Å². The van der Waals surface area contributed by atoms with Crippen LogP contribution in [0.3, 0.4) is 0 Å². The Balaban J connectivity index is 1.67. The number of carboxylic acids is 1. The molecular weight excluding hydrogens is 246 g/mol. The first-order valence-corrected chi connectivity index (χ1v) is 6.64. The van der Waals surface area contributed by atoms with Gasteiger partial charge in [0.15, 0.2) is 0 Å². The van der Waals surface area contributed by atoms with Crippen molar-refractivity contribution in [1.82, 2.24) is 9.97 Å². The summed E-state index contributed by atoms with van der Waals surface area (Å²) in [6.45, 7) is 0. The molecule has 3 N–H and O–H groups in total. The number of rotatable bonds is 4. The molecule has 2 aliphatic rings. The average molecular weight is 263 g/mol. The van der Waals surface area contributed by atoms with E-state index in [0.29, 0.717) is 24.6 Å². The summed E-state index contributed by atoms with van der Waals surface area (Å²) >= 11 is 0. The van der Waals surface area contributed by atoms with Crippen molar-refractivity contribution in [3.63, 3.8) is 0 Å². The Morgan fingerprint density at radius 2 is 2.16 bits per heavy atom. The Morgan fingerprint density at radius 1 is 1.37 bits per heavy atom. The van der Waals surface area contributed by atoms with Crippen molar-refractivity contribution in [2.45, 2.75) is 43.7 Å². The zero-order valence-corrected chi connectivity index (χ0v) is 10.5. The molecule has 2 fully saturated rings. The van der Waals surface area contributed by atoms with Crippen LogP contribution >= 0.6 is 0 Å². The van der Waals surface area contributed by atoms with Crippen molar-refractivity contribution in [3.05, 3.63) is 18.1 Å². The lowest BCUT2D eigenvalue weighted by Crippen LogP contribution is -2.28. The fourth-order valence-electron chi connectivity index (χ4n) is 2.55. The Bertz CT molecular complexity index is 490. The molecule has 102 valence electrons. The first kappa shape index (κ1) is 12.3. The summed E-state index contributed by atoms with van der Waals surface area (Å²) in [5.74, 6) is 0.670. The van der Waals surface area contributed by atoms with Crippen LogP contribution in [0.15, 0.2) is 12.3 Å². The second-order valence-corrected chi connectivity index (χ2v) is 5.40. The maximum atomic E-state index is 10.9. The minimum Gasteiger partial charge on any atom is -0.481 e. The van der Waals surface area contributed by atoms with Gasteiger partial charge in [-0.2, -0.15) is 0 Å². The molecule has 3 unspecified atom stereocenters. The van der Waals surface area contributed by atoms with Crippen molar-refractivity contribution >= 4 is 11.8 Å². The second kappa shape index (κ2) is 4.77. The summed E-state index contributed by atoms with van der Waals surface area (Å²) in [7, 11) is 0. The molecule has 2 saturated carbocycles. The van der Waals surface area contributed by atoms with Crippen molar-refractivity contribution < 1.29 is 15.0 Å². The minimum absolute atomic E-state index is 0.247. The van der Waals surface area contributed by atoms with Crippen molar-refractivity contribution in [1.29, 1.82) is 0 Å². The molecule has 1 aromatic rings. The fourth-order valence-corrected chi connectivity index (χ4v) is 2.55. The van der Waals surface area contributed by atoms with Crippen LogP contribution in [0.5, 0.6) is 0 Å². The van der Waals surface area contributed by atoms with E-state index in [4.69, 9.17) is 5.11 Å². The Kier molecular flexibility index (Phi) is 3.10. The standard InChI is InChI=1S/C13H17N3O3/c17-10-6-8(13(18)19)5-9(10)15-11-3-4-14-12(16-11)7-1-2-7/h3-4,7-10,17H,1-2,5-6H2,(H,18,19)(H,14,15,16). The molecule has 0 amide bonds. The van der Waals surface area contributed by atoms with Gasteiger partial charge in [-0.3, -0.25) is 4.79 Å². The SMILES string of the molecule is O=C(O)C1CC(O)C(Nc2ccnc(C3CC3)n2)C1. The van der Waals surface area contributed by atoms with Gasteiger partial charge in [0.1, 0.15) is 11.6 Å². The molecule has 3 rings (SSSR count). The van der Waals surface area contributed by atoms with E-state index in [1.165, 1.54) is 0 Å². The van der Waals surface area contributed by atoms with Crippen LogP contribution in [0.1, 0.15) is 37.4 Å². The number of hydrogen-bond acceptors (Lipinski definition) is 5. The van der Waals surface area contributed by atoms with E-state index in [9.17, 15) is 9.90 Å². The van der Waals surface area contributed by atoms with Gasteiger partial charge in [-0.1, -0.05) is 0 Å². The number of aliphatic hydroxyl groups excluding tert-OH is 1. The first-order valence-electron chi connectivity index (χ1n) is 6.64. The van der Waals surface area contributed by atoms with Crippen LogP contribution in [0.4, 0.5) is 5.82 Å². The number of aliphatic carboxylic acids is 1. The number of aliphatic hydroxyl groups is 1. The quantitative estimate of drug-likeness (QED) is 0.749. The summed E-state index contributed by atoms with van der Waals surface area (Å²) in [6.07, 6.45) is 4.07. The van der Waals surface area contributed by atoms with Gasteiger partial charge in [-0.15, -0.1) is 0 Å². The summed E-state index contributed by atoms with van der Waals surface area (Å²) in [4.78, 5) is 19.6. The lowest BCUT2D eigenvalue weighted by atomic mass is 10.1. The summed E-state index contributed by atoms with van der Waals surface area (Å²) in [6, 6.07) is 1.51. The van der Waals surface area contributed by atoms with Crippen LogP contribution in [-0.2, 0) is 4.79 Å². The highest BCUT2D eigenvalue weighted by molar-refractivity contribution is 5.70. The van der Waals surface area contributed by atoms with Gasteiger partial charge in [0.2, 0.25) is 0 Å². The number of carboxylic acid groups (broad SMARTS) is 1. The van der Waals surface area contributed by atoms with Crippen LogP contribution in [0, 0.1) is 5.92 Å². The molecule has 19 heavy (non-hydrogen) atoms. The van der Waals surface area contributed by atoms with Gasteiger partial charge in [-0.05, 0) is 31.7 Å². The smallest absolute Gasteiger partial charge is 0.306 e. The average Bonchev–Trinajstić information content (AvgIpc) is 3.16. The number of aromatic nitrogens is 2. The maximum Gasteiger partial charge on any atom is 0.306 e. The third kappa shape index (κ3) is 2.68. The lowest BCUT2D eigenvalue weighted by molar-refractivity contribution is -0.141. The van der Waals surface area contributed by atoms with E-state index in [-0.39, 0.29) is 6.04 Å². The second-order valence-electron chi connectivity index (χ2n) is 5.40. The van der Waals surface area contributed by atoms with Crippen LogP contribution in [0.25, 0.3) is 0 Å². The van der Waals surface area contributed by atoms with Crippen molar-refractivity contribution in [2.24, 2.45) is 5.92 Å². The van der Waals surface area contributed by atoms with Gasteiger partial charge in [0.25, 0.3) is 0 Å². The third-order valence-corrected chi connectivity index (χ3v) is 3.83. The number of nitrogens with zero attached hydrogens (tertiary/aromatic N) is 2. The Morgan fingerprint density at radius 3 is 2.79 bits per heavy atom. The van der Waals surface area contributed by atoms with Crippen molar-refractivity contribution in [3.8, 4) is 0 Å². The number of carbonyl (C=O) groups is 1. The van der Waals surface area contributed by atoms with Gasteiger partial charge >= 0.3 is 5.97 Å². The molecule has 1 heterocycles. The number of hydrogen-bond donors (Lipinski definition) is 3. The normalized spacial score (nSPS) is 30.3. The largest absolute Gasteiger partial charge is 0.481 e. The summed E-state index contributed by atoms with van der Waals surface area (Å²) in [5.41, 5.74) is 0. The predicted octanol–water partition coefficient (Wildman–Crippen LogP) is 0.990. The molecule has 0 saturated heterocycles. The Labute approximate surface area is 110 Å². The lowest BCUT2D eigenvalue weighted by Gasteiger charge is -2.17. The van der Waals surface area contributed by atoms with Crippen LogP contribution < -0.4 is 5.32 Å². The molecular formula is C13H17N3O3. The van der Waals surface area contributed by atoms with E-state index >= 15 is 0 Å². The molecule has 0 aliphatic heterocycles. The first-order chi connectivity index (χ1) is 9.13. The van der Waals surface area contributed by atoms with Gasteiger partial charge in [0.05, 0.1) is 18.1 Å². The van der Waals surface area contributed by atoms with Gasteiger partial charge in [-0.25, -0.2) is 9.97 Å². The highest BCUT2D eigenvalue weighted by Gasteiger charge is 2.37. The van der Waals surface area contributed by atoms with E-state index in [2.05, 4.69) is 15.3 Å². The highest BCUT2D eigenvalue weighted by Crippen LogP contribution is 2.38. The summed E-state index contributed by atoms with van der Waals surface area (Å²) in [5, 5.41) is 22.0. The zero-order valence-electron chi connectivity index (χ0n) is 10.5. The molecule has 1 aromatic heterocycles. The molecule has 3 atom stereocenters. The summed E-state index contributed by atoms with van der Waals surface area (Å²) < 4.78 is 0. The topological polar surface area (TPSA) is 95.3 Å². The van der Waals surface area contributed by atoms with E-state index in [1.807, 2.05) is 0 Å². The minimum atomic E-state index is -0.843. The monoisotopic (exact) mass is 263 g/mol. The molecule has 6 heteroatoms. The molecule has 6 nitrogen and oxygen atoms in total. The van der Waals surface area contributed by atoms with Gasteiger partial charge in [0, 0.05) is 12.1 Å². The highest BCUT2D eigenvalue weighted by atomic mass is 16.4. The van der Waals surface area contributed by atoms with Crippen LogP contribution in [-0.4, -0.2) is 38.3 Å². The molecule has 0 bridgehead atoms. The van der Waals surface area contributed by atoms with E-state index < -0.39 is 18.0 Å². The molecule has 2 aliphatic carbocycles. The maximum absolute atomic E-state index is 10.9. The Hall–Kier alpha value is -1.69. The number of anilines is 1. The van der Waals surface area contributed by atoms with Crippen LogP contribution in [0.2, 0.25) is 0 Å². The zero-order chi connectivity index (χ0) is 13.4. The van der Waals surface area contributed by atoms with E-state index in [1.54, 1.807) is 12.3 Å². The molecule has 0 aromatic carbocycles. The number of nitrogens with one attached hydrogen (secondary N) is 1. The van der Waals surface area contributed by atoms with Gasteiger partial charge < -0.3 is 15.5 Å².